The van der Waals surface area contributed by atoms with Crippen LogP contribution in [0.5, 0.6) is 0 Å². The molecule has 1 aliphatic heterocycles. The van der Waals surface area contributed by atoms with Gasteiger partial charge in [0.2, 0.25) is 0 Å². The van der Waals surface area contributed by atoms with E-state index in [0.717, 1.165) is 6.42 Å². The number of esters is 1. The number of carbonyl (C=O) groups excluding carboxylic acids is 1. The second-order valence-electron chi connectivity index (χ2n) is 6.28. The Morgan fingerprint density at radius 1 is 1.53 bits per heavy atom. The van der Waals surface area contributed by atoms with Crippen LogP contribution in [0.25, 0.3) is 0 Å². The normalized spacial score (nSPS) is 41.6. The Morgan fingerprint density at radius 3 is 2.79 bits per heavy atom. The predicted octanol–water partition coefficient (Wildman–Crippen LogP) is 3.19. The SMILES string of the molecule is CC[C@@H]1OC[C@]2(COC(C)=O)[C@H](C)C=C(C)[C@H]1[C@H]2C. The van der Waals surface area contributed by atoms with Crippen molar-refractivity contribution >= 4 is 5.97 Å². The summed E-state index contributed by atoms with van der Waals surface area (Å²) in [7, 11) is 0. The molecule has 0 aromatic carbocycles. The topological polar surface area (TPSA) is 35.5 Å². The molecule has 1 heterocycles. The van der Waals surface area contributed by atoms with Crippen molar-refractivity contribution in [1.82, 2.24) is 0 Å². The third kappa shape index (κ3) is 2.33. The van der Waals surface area contributed by atoms with Crippen molar-refractivity contribution in [2.75, 3.05) is 13.2 Å². The monoisotopic (exact) mass is 266 g/mol. The van der Waals surface area contributed by atoms with Gasteiger partial charge < -0.3 is 9.47 Å². The zero-order chi connectivity index (χ0) is 14.2. The third-order valence-corrected chi connectivity index (χ3v) is 5.30. The van der Waals surface area contributed by atoms with Crippen LogP contribution in [0.1, 0.15) is 41.0 Å². The molecule has 0 unspecified atom stereocenters. The maximum Gasteiger partial charge on any atom is 0.302 e. The molecule has 2 bridgehead atoms. The lowest BCUT2D eigenvalue weighted by Crippen LogP contribution is -2.56. The molecule has 0 N–H and O–H groups in total. The van der Waals surface area contributed by atoms with Gasteiger partial charge in [0.15, 0.2) is 0 Å². The molecule has 3 nitrogen and oxygen atoms in total. The van der Waals surface area contributed by atoms with Crippen molar-refractivity contribution in [1.29, 1.82) is 0 Å². The van der Waals surface area contributed by atoms with E-state index in [-0.39, 0.29) is 11.4 Å². The Labute approximate surface area is 116 Å². The molecule has 0 aromatic rings. The zero-order valence-corrected chi connectivity index (χ0v) is 12.7. The molecule has 1 saturated heterocycles. The standard InChI is InChI=1S/C16H26O3/c1-6-14-15-10(2)7-11(3)16(9-19-14,12(15)4)8-18-13(5)17/h7,11-12,14-15H,6,8-9H2,1-5H3/t11-,12-,14+,15+,16-/m1/s1. The fraction of sp³-hybridized carbons (Fsp3) is 0.812. The summed E-state index contributed by atoms with van der Waals surface area (Å²) in [5.74, 6) is 1.14. The molecular weight excluding hydrogens is 240 g/mol. The van der Waals surface area contributed by atoms with Crippen LogP contribution >= 0.6 is 0 Å². The minimum absolute atomic E-state index is 0.0541. The molecule has 0 radical (unpaired) electrons. The Morgan fingerprint density at radius 2 is 2.21 bits per heavy atom. The summed E-state index contributed by atoms with van der Waals surface area (Å²) in [5, 5.41) is 0. The third-order valence-electron chi connectivity index (χ3n) is 5.30. The van der Waals surface area contributed by atoms with Crippen LogP contribution in [-0.2, 0) is 14.3 Å². The Kier molecular flexibility index (Phi) is 4.05. The van der Waals surface area contributed by atoms with E-state index in [1.165, 1.54) is 12.5 Å². The molecule has 0 saturated carbocycles. The van der Waals surface area contributed by atoms with E-state index < -0.39 is 0 Å². The van der Waals surface area contributed by atoms with E-state index in [2.05, 4.69) is 33.8 Å². The summed E-state index contributed by atoms with van der Waals surface area (Å²) in [6, 6.07) is 0. The molecule has 3 heteroatoms. The smallest absolute Gasteiger partial charge is 0.302 e. The maximum absolute atomic E-state index is 11.2. The van der Waals surface area contributed by atoms with Crippen LogP contribution in [0.4, 0.5) is 0 Å². The van der Waals surface area contributed by atoms with E-state index in [1.54, 1.807) is 0 Å². The van der Waals surface area contributed by atoms with E-state index in [4.69, 9.17) is 9.47 Å². The van der Waals surface area contributed by atoms with Crippen LogP contribution in [0.3, 0.4) is 0 Å². The fourth-order valence-corrected chi connectivity index (χ4v) is 3.99. The van der Waals surface area contributed by atoms with Crippen molar-refractivity contribution in [3.63, 3.8) is 0 Å². The van der Waals surface area contributed by atoms with Crippen molar-refractivity contribution in [3.8, 4) is 0 Å². The number of fused-ring (bicyclic) bond motifs is 2. The first kappa shape index (κ1) is 14.6. The van der Waals surface area contributed by atoms with E-state index >= 15 is 0 Å². The Hall–Kier alpha value is -0.830. The van der Waals surface area contributed by atoms with Gasteiger partial charge in [-0.1, -0.05) is 32.4 Å². The van der Waals surface area contributed by atoms with Gasteiger partial charge in [-0.25, -0.2) is 0 Å². The van der Waals surface area contributed by atoms with Crippen molar-refractivity contribution < 1.29 is 14.3 Å². The van der Waals surface area contributed by atoms with E-state index in [9.17, 15) is 4.79 Å². The van der Waals surface area contributed by atoms with Gasteiger partial charge >= 0.3 is 5.97 Å². The number of rotatable bonds is 3. The molecule has 1 fully saturated rings. The van der Waals surface area contributed by atoms with Gasteiger partial charge in [-0.05, 0) is 25.2 Å². The molecule has 19 heavy (non-hydrogen) atoms. The first-order valence-corrected chi connectivity index (χ1v) is 7.35. The number of hydrogen-bond donors (Lipinski definition) is 0. The maximum atomic E-state index is 11.2. The summed E-state index contributed by atoms with van der Waals surface area (Å²) in [6.07, 6.45) is 3.71. The summed E-state index contributed by atoms with van der Waals surface area (Å²) >= 11 is 0. The number of carbonyl (C=O) groups is 1. The molecule has 108 valence electrons. The van der Waals surface area contributed by atoms with Crippen LogP contribution in [0, 0.1) is 23.2 Å². The summed E-state index contributed by atoms with van der Waals surface area (Å²) < 4.78 is 11.5. The lowest BCUT2D eigenvalue weighted by atomic mass is 9.56. The van der Waals surface area contributed by atoms with Crippen molar-refractivity contribution in [3.05, 3.63) is 11.6 Å². The summed E-state index contributed by atoms with van der Waals surface area (Å²) in [4.78, 5) is 11.2. The molecule has 5 atom stereocenters. The fourth-order valence-electron chi connectivity index (χ4n) is 3.99. The summed E-state index contributed by atoms with van der Waals surface area (Å²) in [6.45, 7) is 11.6. The molecular formula is C16H26O3. The van der Waals surface area contributed by atoms with Gasteiger partial charge in [0.05, 0.1) is 19.3 Å². The molecule has 2 aliphatic rings. The average Bonchev–Trinajstić information content (AvgIpc) is 2.34. The van der Waals surface area contributed by atoms with Crippen molar-refractivity contribution in [2.45, 2.75) is 47.1 Å². The lowest BCUT2D eigenvalue weighted by Gasteiger charge is -2.55. The first-order chi connectivity index (χ1) is 8.92. The number of ether oxygens (including phenoxy) is 2. The highest BCUT2D eigenvalue weighted by atomic mass is 16.5. The predicted molar refractivity (Wildman–Crippen MR) is 74.7 cm³/mol. The zero-order valence-electron chi connectivity index (χ0n) is 12.7. The van der Waals surface area contributed by atoms with Crippen LogP contribution in [0.2, 0.25) is 0 Å². The highest BCUT2D eigenvalue weighted by molar-refractivity contribution is 5.65. The average molecular weight is 266 g/mol. The highest BCUT2D eigenvalue weighted by Crippen LogP contribution is 2.53. The van der Waals surface area contributed by atoms with Gasteiger partial charge in [-0.2, -0.15) is 0 Å². The molecule has 0 spiro atoms. The second-order valence-corrected chi connectivity index (χ2v) is 6.28. The number of hydrogen-bond acceptors (Lipinski definition) is 3. The number of allylic oxidation sites excluding steroid dienone is 1. The van der Waals surface area contributed by atoms with Gasteiger partial charge in [0, 0.05) is 18.3 Å². The van der Waals surface area contributed by atoms with Gasteiger partial charge in [0.1, 0.15) is 0 Å². The van der Waals surface area contributed by atoms with Gasteiger partial charge in [0.25, 0.3) is 0 Å². The minimum atomic E-state index is -0.200. The molecule has 0 amide bonds. The molecule has 0 aromatic heterocycles. The van der Waals surface area contributed by atoms with E-state index in [1.807, 2.05) is 0 Å². The van der Waals surface area contributed by atoms with Crippen LogP contribution < -0.4 is 0 Å². The Balaban J connectivity index is 2.31. The molecule has 2 rings (SSSR count). The van der Waals surface area contributed by atoms with Crippen LogP contribution in [-0.4, -0.2) is 25.3 Å². The van der Waals surface area contributed by atoms with Gasteiger partial charge in [-0.3, -0.25) is 4.79 Å². The minimum Gasteiger partial charge on any atom is -0.465 e. The van der Waals surface area contributed by atoms with Gasteiger partial charge in [-0.15, -0.1) is 0 Å². The summed E-state index contributed by atoms with van der Waals surface area (Å²) in [5.41, 5.74) is 1.38. The lowest BCUT2D eigenvalue weighted by molar-refractivity contribution is -0.179. The first-order valence-electron chi connectivity index (χ1n) is 7.35. The highest BCUT2D eigenvalue weighted by Gasteiger charge is 2.53. The van der Waals surface area contributed by atoms with Crippen molar-refractivity contribution in [2.24, 2.45) is 23.2 Å². The Bertz CT molecular complexity index is 387. The molecule has 1 aliphatic carbocycles. The largest absolute Gasteiger partial charge is 0.465 e. The van der Waals surface area contributed by atoms with Crippen LogP contribution in [0.15, 0.2) is 11.6 Å². The second kappa shape index (κ2) is 5.28. The van der Waals surface area contributed by atoms with E-state index in [0.29, 0.717) is 37.1 Å². The quantitative estimate of drug-likeness (QED) is 0.581.